The molecule has 0 spiro atoms. The summed E-state index contributed by atoms with van der Waals surface area (Å²) < 4.78 is 0. The lowest BCUT2D eigenvalue weighted by Gasteiger charge is -2.30. The van der Waals surface area contributed by atoms with E-state index in [0.717, 1.165) is 6.92 Å². The van der Waals surface area contributed by atoms with Crippen LogP contribution in [-0.4, -0.2) is 56.2 Å². The number of aliphatic hydroxyl groups is 5. The Hall–Kier alpha value is -0.240. The molecule has 0 amide bonds. The van der Waals surface area contributed by atoms with E-state index in [1.807, 2.05) is 0 Å². The van der Waals surface area contributed by atoms with Crippen LogP contribution in [-0.2, 0) is 0 Å². The van der Waals surface area contributed by atoms with Crippen molar-refractivity contribution in [1.82, 2.24) is 0 Å². The Morgan fingerprint density at radius 3 is 2.00 bits per heavy atom. The van der Waals surface area contributed by atoms with Crippen molar-refractivity contribution >= 4 is 0 Å². The molecule has 74 valence electrons. The highest BCUT2D eigenvalue weighted by Crippen LogP contribution is 2.09. The first-order valence-electron chi connectivity index (χ1n) is 3.47. The third kappa shape index (κ3) is 3.02. The zero-order valence-electron chi connectivity index (χ0n) is 6.75. The maximum absolute atomic E-state index is 9.06. The highest BCUT2D eigenvalue weighted by Gasteiger charge is 2.35. The summed E-state index contributed by atoms with van der Waals surface area (Å²) in [5.41, 5.74) is 3.02. The SMILES string of the molecule is C[C@@](N)(O)[C@H](O)[C@H](O)[C@@H](O)CO. The smallest absolute Gasteiger partial charge is 0.139 e. The van der Waals surface area contributed by atoms with Gasteiger partial charge in [0.05, 0.1) is 6.61 Å². The van der Waals surface area contributed by atoms with Gasteiger partial charge in [-0.2, -0.15) is 0 Å². The monoisotopic (exact) mass is 181 g/mol. The van der Waals surface area contributed by atoms with Gasteiger partial charge in [-0.1, -0.05) is 0 Å². The molecule has 6 nitrogen and oxygen atoms in total. The van der Waals surface area contributed by atoms with Gasteiger partial charge in [-0.15, -0.1) is 0 Å². The van der Waals surface area contributed by atoms with Crippen LogP contribution < -0.4 is 5.73 Å². The summed E-state index contributed by atoms with van der Waals surface area (Å²) in [6, 6.07) is 0. The Kier molecular flexibility index (Phi) is 4.04. The first-order valence-corrected chi connectivity index (χ1v) is 3.47. The predicted octanol–water partition coefficient (Wildman–Crippen LogP) is -3.27. The van der Waals surface area contributed by atoms with Gasteiger partial charge >= 0.3 is 0 Å². The van der Waals surface area contributed by atoms with Crippen molar-refractivity contribution in [3.8, 4) is 0 Å². The number of hydrogen-bond acceptors (Lipinski definition) is 6. The summed E-state index contributed by atoms with van der Waals surface area (Å²) in [6.07, 6.45) is -4.90. The van der Waals surface area contributed by atoms with Crippen LogP contribution in [0.2, 0.25) is 0 Å². The Balaban J connectivity index is 4.19. The predicted molar refractivity (Wildman–Crippen MR) is 39.9 cm³/mol. The van der Waals surface area contributed by atoms with Crippen molar-refractivity contribution in [3.05, 3.63) is 0 Å². The Morgan fingerprint density at radius 2 is 1.75 bits per heavy atom. The van der Waals surface area contributed by atoms with E-state index in [9.17, 15) is 0 Å². The van der Waals surface area contributed by atoms with E-state index in [4.69, 9.17) is 31.3 Å². The minimum absolute atomic E-state index is 0.714. The van der Waals surface area contributed by atoms with E-state index in [-0.39, 0.29) is 0 Å². The molecule has 0 heterocycles. The van der Waals surface area contributed by atoms with Crippen LogP contribution >= 0.6 is 0 Å². The average Bonchev–Trinajstić information content (AvgIpc) is 1.98. The highest BCUT2D eigenvalue weighted by atomic mass is 16.4. The molecule has 7 N–H and O–H groups in total. The molecule has 0 radical (unpaired) electrons. The maximum atomic E-state index is 9.06. The van der Waals surface area contributed by atoms with Gasteiger partial charge in [0.2, 0.25) is 0 Å². The molecule has 0 aliphatic carbocycles. The zero-order valence-corrected chi connectivity index (χ0v) is 6.75. The average molecular weight is 181 g/mol. The topological polar surface area (TPSA) is 127 Å². The minimum atomic E-state index is -2.00. The number of rotatable bonds is 4. The molecular weight excluding hydrogens is 166 g/mol. The molecule has 0 unspecified atom stereocenters. The molecule has 0 fully saturated rings. The Labute approximate surface area is 69.9 Å². The molecule has 0 aliphatic heterocycles. The lowest BCUT2D eigenvalue weighted by atomic mass is 10.0. The molecule has 0 aromatic rings. The first-order chi connectivity index (χ1) is 5.30. The van der Waals surface area contributed by atoms with Gasteiger partial charge in [0, 0.05) is 0 Å². The van der Waals surface area contributed by atoms with Crippen molar-refractivity contribution in [3.63, 3.8) is 0 Å². The summed E-state index contributed by atoms with van der Waals surface area (Å²) in [5.74, 6) is 0. The van der Waals surface area contributed by atoms with Crippen molar-refractivity contribution < 1.29 is 25.5 Å². The normalized spacial score (nSPS) is 24.2. The van der Waals surface area contributed by atoms with Crippen LogP contribution in [0.4, 0.5) is 0 Å². The second kappa shape index (κ2) is 4.13. The van der Waals surface area contributed by atoms with Gasteiger partial charge in [0.1, 0.15) is 24.0 Å². The van der Waals surface area contributed by atoms with Crippen LogP contribution in [0, 0.1) is 0 Å². The van der Waals surface area contributed by atoms with Crippen LogP contribution in [0.15, 0.2) is 0 Å². The van der Waals surface area contributed by atoms with Crippen LogP contribution in [0.25, 0.3) is 0 Å². The third-order valence-electron chi connectivity index (χ3n) is 1.50. The van der Waals surface area contributed by atoms with E-state index in [0.29, 0.717) is 0 Å². The third-order valence-corrected chi connectivity index (χ3v) is 1.50. The molecule has 0 rings (SSSR count). The summed E-state index contributed by atoms with van der Waals surface area (Å²) in [4.78, 5) is 0. The van der Waals surface area contributed by atoms with E-state index < -0.39 is 30.6 Å². The van der Waals surface area contributed by atoms with Crippen LogP contribution in [0.3, 0.4) is 0 Å². The van der Waals surface area contributed by atoms with Crippen molar-refractivity contribution in [2.45, 2.75) is 31.0 Å². The fourth-order valence-corrected chi connectivity index (χ4v) is 0.664. The number of aliphatic hydroxyl groups excluding tert-OH is 4. The zero-order chi connectivity index (χ0) is 9.94. The summed E-state index contributed by atoms with van der Waals surface area (Å²) >= 11 is 0. The standard InChI is InChI=1S/C6H15NO5/c1-6(7,12)5(11)4(10)3(9)2-8/h3-5,8-12H,2,7H2,1H3/t3-,4+,5+,6+/m0/s1. The molecular formula is C6H15NO5. The maximum Gasteiger partial charge on any atom is 0.139 e. The molecule has 12 heavy (non-hydrogen) atoms. The van der Waals surface area contributed by atoms with Crippen LogP contribution in [0.5, 0.6) is 0 Å². The van der Waals surface area contributed by atoms with Gasteiger partial charge in [-0.25, -0.2) is 0 Å². The van der Waals surface area contributed by atoms with Crippen molar-refractivity contribution in [1.29, 1.82) is 0 Å². The minimum Gasteiger partial charge on any atom is -0.394 e. The van der Waals surface area contributed by atoms with Gasteiger partial charge in [0.15, 0.2) is 0 Å². The molecule has 4 atom stereocenters. The van der Waals surface area contributed by atoms with E-state index in [1.165, 1.54) is 0 Å². The van der Waals surface area contributed by atoms with E-state index in [2.05, 4.69) is 0 Å². The fourth-order valence-electron chi connectivity index (χ4n) is 0.664. The Bertz CT molecular complexity index is 134. The molecule has 0 saturated heterocycles. The van der Waals surface area contributed by atoms with Gasteiger partial charge in [-0.05, 0) is 6.92 Å². The second-order valence-electron chi connectivity index (χ2n) is 2.91. The largest absolute Gasteiger partial charge is 0.394 e. The van der Waals surface area contributed by atoms with Crippen molar-refractivity contribution in [2.24, 2.45) is 5.73 Å². The fraction of sp³-hybridized carbons (Fsp3) is 1.00. The summed E-state index contributed by atoms with van der Waals surface area (Å²) in [7, 11) is 0. The summed E-state index contributed by atoms with van der Waals surface area (Å²) in [6.45, 7) is 0.360. The lowest BCUT2D eigenvalue weighted by molar-refractivity contribution is -0.149. The second-order valence-corrected chi connectivity index (χ2v) is 2.91. The van der Waals surface area contributed by atoms with Gasteiger partial charge in [-0.3, -0.25) is 0 Å². The number of nitrogens with two attached hydrogens (primary N) is 1. The van der Waals surface area contributed by atoms with Crippen LogP contribution in [0.1, 0.15) is 6.92 Å². The van der Waals surface area contributed by atoms with Gasteiger partial charge < -0.3 is 31.3 Å². The lowest BCUT2D eigenvalue weighted by Crippen LogP contribution is -2.57. The van der Waals surface area contributed by atoms with E-state index >= 15 is 0 Å². The Morgan fingerprint density at radius 1 is 1.33 bits per heavy atom. The molecule has 6 heteroatoms. The number of hydrogen-bond donors (Lipinski definition) is 6. The highest BCUT2D eigenvalue weighted by molar-refractivity contribution is 4.85. The van der Waals surface area contributed by atoms with E-state index in [1.54, 1.807) is 0 Å². The molecule has 0 bridgehead atoms. The summed E-state index contributed by atoms with van der Waals surface area (Å²) in [5, 5.41) is 44.3. The van der Waals surface area contributed by atoms with Crippen molar-refractivity contribution in [2.75, 3.05) is 6.61 Å². The molecule has 0 saturated carbocycles. The quantitative estimate of drug-likeness (QED) is 0.253. The molecule has 0 aliphatic rings. The van der Waals surface area contributed by atoms with Gasteiger partial charge in [0.25, 0.3) is 0 Å². The molecule has 0 aromatic heterocycles. The first kappa shape index (κ1) is 11.8. The molecule has 0 aromatic carbocycles.